The molecule has 0 saturated carbocycles. The molecule has 5 aromatic rings. The summed E-state index contributed by atoms with van der Waals surface area (Å²) < 4.78 is 7.84. The van der Waals surface area contributed by atoms with Crippen LogP contribution in [0.5, 0.6) is 5.75 Å². The fourth-order valence-electron chi connectivity index (χ4n) is 5.22. The summed E-state index contributed by atoms with van der Waals surface area (Å²) in [5.41, 5.74) is 5.78. The number of thiocarbonyl (C=S) groups is 1. The summed E-state index contributed by atoms with van der Waals surface area (Å²) in [6.07, 6.45) is 1.81. The number of rotatable bonds is 8. The van der Waals surface area contributed by atoms with E-state index in [1.807, 2.05) is 91.0 Å². The molecule has 1 aliphatic heterocycles. The number of pyridine rings is 1. The monoisotopic (exact) mass is 559 g/mol. The Hall–Kier alpha value is -4.95. The van der Waals surface area contributed by atoms with Gasteiger partial charge in [-0.3, -0.25) is 9.78 Å². The van der Waals surface area contributed by atoms with E-state index in [1.165, 1.54) is 0 Å². The molecule has 2 aromatic heterocycles. The maximum atomic E-state index is 12.5. The number of para-hydroxylation sites is 2. The molecular weight excluding hydrogens is 530 g/mol. The first kappa shape index (κ1) is 26.3. The molecule has 0 spiro atoms. The van der Waals surface area contributed by atoms with Crippen molar-refractivity contribution in [1.82, 2.24) is 14.9 Å². The summed E-state index contributed by atoms with van der Waals surface area (Å²) in [6, 6.07) is 37.2. The molecule has 204 valence electrons. The van der Waals surface area contributed by atoms with Gasteiger partial charge in [-0.15, -0.1) is 0 Å². The second-order valence-electron chi connectivity index (χ2n) is 9.76. The fourth-order valence-corrected chi connectivity index (χ4v) is 5.57. The number of aryl methyl sites for hydroxylation is 1. The van der Waals surface area contributed by atoms with Gasteiger partial charge in [0.1, 0.15) is 11.8 Å². The number of nitrogens with zero attached hydrogens (tertiary/aromatic N) is 3. The van der Waals surface area contributed by atoms with Gasteiger partial charge < -0.3 is 24.8 Å². The molecule has 3 heterocycles. The number of carbonyl (C=O) groups is 1. The summed E-state index contributed by atoms with van der Waals surface area (Å²) in [7, 11) is 0. The zero-order valence-corrected chi connectivity index (χ0v) is 23.3. The highest BCUT2D eigenvalue weighted by molar-refractivity contribution is 7.80. The van der Waals surface area contributed by atoms with E-state index in [1.54, 1.807) is 6.20 Å². The van der Waals surface area contributed by atoms with Gasteiger partial charge in [0.2, 0.25) is 0 Å². The molecule has 8 heteroatoms. The second kappa shape index (κ2) is 11.7. The first-order valence-corrected chi connectivity index (χ1v) is 13.8. The van der Waals surface area contributed by atoms with E-state index in [0.717, 1.165) is 28.5 Å². The third kappa shape index (κ3) is 5.55. The number of benzene rings is 3. The van der Waals surface area contributed by atoms with E-state index in [0.29, 0.717) is 16.5 Å². The Morgan fingerprint density at radius 1 is 0.878 bits per heavy atom. The fraction of sp³-hybridized carbons (Fsp3) is 0.121. The van der Waals surface area contributed by atoms with Crippen molar-refractivity contribution in [3.05, 3.63) is 139 Å². The van der Waals surface area contributed by atoms with E-state index >= 15 is 0 Å². The molecule has 1 fully saturated rings. The predicted molar refractivity (Wildman–Crippen MR) is 165 cm³/mol. The molecule has 1 aliphatic rings. The van der Waals surface area contributed by atoms with Crippen LogP contribution in [0.2, 0.25) is 0 Å². The van der Waals surface area contributed by atoms with Crippen LogP contribution in [0.25, 0.3) is 5.69 Å². The highest BCUT2D eigenvalue weighted by Gasteiger charge is 2.42. The Kier molecular flexibility index (Phi) is 7.47. The first-order chi connectivity index (χ1) is 20.1. The number of hydrogen-bond donors (Lipinski definition) is 2. The molecule has 1 saturated heterocycles. The van der Waals surface area contributed by atoms with E-state index in [-0.39, 0.29) is 24.6 Å². The van der Waals surface area contributed by atoms with Crippen molar-refractivity contribution >= 4 is 34.6 Å². The van der Waals surface area contributed by atoms with Gasteiger partial charge in [-0.05, 0) is 91.9 Å². The lowest BCUT2D eigenvalue weighted by molar-refractivity contribution is -0.118. The Labute approximate surface area is 244 Å². The van der Waals surface area contributed by atoms with Gasteiger partial charge in [-0.2, -0.15) is 0 Å². The summed E-state index contributed by atoms with van der Waals surface area (Å²) in [6.45, 7) is 2.03. The van der Waals surface area contributed by atoms with Crippen molar-refractivity contribution in [2.24, 2.45) is 0 Å². The van der Waals surface area contributed by atoms with Crippen molar-refractivity contribution in [2.45, 2.75) is 19.0 Å². The molecule has 0 radical (unpaired) electrons. The number of aromatic nitrogens is 2. The van der Waals surface area contributed by atoms with Crippen molar-refractivity contribution in [3.63, 3.8) is 0 Å². The predicted octanol–water partition coefficient (Wildman–Crippen LogP) is 6.38. The quantitative estimate of drug-likeness (QED) is 0.215. The zero-order chi connectivity index (χ0) is 28.2. The van der Waals surface area contributed by atoms with Crippen LogP contribution >= 0.6 is 12.2 Å². The lowest BCUT2D eigenvalue weighted by Gasteiger charge is -2.29. The van der Waals surface area contributed by atoms with Crippen LogP contribution < -0.4 is 20.3 Å². The molecule has 0 bridgehead atoms. The van der Waals surface area contributed by atoms with Gasteiger partial charge in [-0.1, -0.05) is 42.5 Å². The Bertz CT molecular complexity index is 1640. The van der Waals surface area contributed by atoms with Crippen LogP contribution in [-0.4, -0.2) is 27.2 Å². The smallest absolute Gasteiger partial charge is 0.262 e. The summed E-state index contributed by atoms with van der Waals surface area (Å²) in [5, 5.41) is 7.05. The molecule has 0 unspecified atom stereocenters. The average molecular weight is 560 g/mol. The lowest BCUT2D eigenvalue weighted by atomic mass is 10.0. The van der Waals surface area contributed by atoms with Crippen LogP contribution in [0.1, 0.15) is 29.2 Å². The van der Waals surface area contributed by atoms with E-state index in [9.17, 15) is 4.79 Å². The van der Waals surface area contributed by atoms with Gasteiger partial charge in [0.25, 0.3) is 5.91 Å². The lowest BCUT2D eigenvalue weighted by Crippen LogP contribution is -2.30. The van der Waals surface area contributed by atoms with Crippen molar-refractivity contribution in [3.8, 4) is 11.4 Å². The Morgan fingerprint density at radius 3 is 2.29 bits per heavy atom. The average Bonchev–Trinajstić information content (AvgIpc) is 3.57. The molecule has 1 amide bonds. The van der Waals surface area contributed by atoms with Crippen molar-refractivity contribution in [1.29, 1.82) is 0 Å². The molecule has 6 rings (SSSR count). The van der Waals surface area contributed by atoms with Crippen LogP contribution in [0.3, 0.4) is 0 Å². The standard InChI is InChI=1S/C33H29N5O2S/c1-23-15-20-29(37(23)25-10-4-2-5-11-25)32-31(28-14-8-9-21-34-28)36-33(41)38(32)26-18-16-24(17-19-26)35-30(39)22-40-27-12-6-3-7-13-27/h2-21,31-32H,22H2,1H3,(H,35,39)(H,36,41)/t31-,32-/m1/s1. The minimum Gasteiger partial charge on any atom is -0.484 e. The van der Waals surface area contributed by atoms with Crippen LogP contribution in [0.15, 0.2) is 121 Å². The van der Waals surface area contributed by atoms with Crippen LogP contribution in [0, 0.1) is 6.92 Å². The molecule has 2 atom stereocenters. The maximum Gasteiger partial charge on any atom is 0.262 e. The Morgan fingerprint density at radius 2 is 1.59 bits per heavy atom. The molecule has 2 N–H and O–H groups in total. The summed E-state index contributed by atoms with van der Waals surface area (Å²) in [5.74, 6) is 0.418. The van der Waals surface area contributed by atoms with Crippen molar-refractivity contribution in [2.75, 3.05) is 16.8 Å². The second-order valence-corrected chi connectivity index (χ2v) is 10.2. The first-order valence-electron chi connectivity index (χ1n) is 13.4. The maximum absolute atomic E-state index is 12.5. The van der Waals surface area contributed by atoms with Gasteiger partial charge in [0.05, 0.1) is 11.7 Å². The third-order valence-corrected chi connectivity index (χ3v) is 7.38. The number of carbonyl (C=O) groups excluding carboxylic acids is 1. The molecule has 7 nitrogen and oxygen atoms in total. The highest BCUT2D eigenvalue weighted by Crippen LogP contribution is 2.43. The number of anilines is 2. The molecule has 41 heavy (non-hydrogen) atoms. The van der Waals surface area contributed by atoms with E-state index in [2.05, 4.69) is 56.3 Å². The largest absolute Gasteiger partial charge is 0.484 e. The SMILES string of the molecule is Cc1ccc([C@@H]2[C@@H](c3ccccn3)NC(=S)N2c2ccc(NC(=O)COc3ccccc3)cc2)n1-c1ccccc1. The van der Waals surface area contributed by atoms with Gasteiger partial charge >= 0.3 is 0 Å². The molecule has 3 aromatic carbocycles. The highest BCUT2D eigenvalue weighted by atomic mass is 32.1. The summed E-state index contributed by atoms with van der Waals surface area (Å²) in [4.78, 5) is 19.3. The van der Waals surface area contributed by atoms with Gasteiger partial charge in [0, 0.05) is 34.6 Å². The van der Waals surface area contributed by atoms with Crippen LogP contribution in [0.4, 0.5) is 11.4 Å². The minimum atomic E-state index is -0.232. The van der Waals surface area contributed by atoms with E-state index < -0.39 is 0 Å². The summed E-state index contributed by atoms with van der Waals surface area (Å²) >= 11 is 5.92. The molecular formula is C33H29N5O2S. The number of nitrogens with one attached hydrogen (secondary N) is 2. The van der Waals surface area contributed by atoms with Gasteiger partial charge in [-0.25, -0.2) is 0 Å². The topological polar surface area (TPSA) is 71.4 Å². The third-order valence-electron chi connectivity index (χ3n) is 7.06. The molecule has 0 aliphatic carbocycles. The van der Waals surface area contributed by atoms with Gasteiger partial charge in [0.15, 0.2) is 11.7 Å². The van der Waals surface area contributed by atoms with E-state index in [4.69, 9.17) is 17.0 Å². The number of ether oxygens (including phenoxy) is 1. The Balaban J connectivity index is 1.30. The number of amides is 1. The minimum absolute atomic E-state index is 0.0739. The van der Waals surface area contributed by atoms with Crippen LogP contribution in [-0.2, 0) is 4.79 Å². The zero-order valence-electron chi connectivity index (χ0n) is 22.5. The number of hydrogen-bond acceptors (Lipinski definition) is 4. The normalized spacial score (nSPS) is 16.3. The van der Waals surface area contributed by atoms with Crippen molar-refractivity contribution < 1.29 is 9.53 Å².